The zero-order valence-corrected chi connectivity index (χ0v) is 12.1. The van der Waals surface area contributed by atoms with E-state index in [2.05, 4.69) is 9.98 Å². The Bertz CT molecular complexity index is 728. The van der Waals surface area contributed by atoms with Gasteiger partial charge in [-0.3, -0.25) is 8.58 Å². The summed E-state index contributed by atoms with van der Waals surface area (Å²) in [6, 6.07) is 14.7. The van der Waals surface area contributed by atoms with Crippen LogP contribution in [0.4, 0.5) is 0 Å². The minimum absolute atomic E-state index is 0. The minimum Gasteiger partial charge on any atom is -1.00 e. The Morgan fingerprint density at radius 3 is 2.58 bits per heavy atom. The fraction of sp³-hybridized carbons (Fsp3) is 0. The number of aromatic nitrogens is 2. The first-order chi connectivity index (χ1) is 8.83. The lowest BCUT2D eigenvalue weighted by atomic mass is 10.2. The molecule has 0 radical (unpaired) electrons. The zero-order valence-electron chi connectivity index (χ0n) is 9.73. The minimum atomic E-state index is -0.268. The predicted molar refractivity (Wildman–Crippen MR) is 69.4 cm³/mol. The maximum Gasteiger partial charge on any atom is 0.279 e. The van der Waals surface area contributed by atoms with Gasteiger partial charge in [0.25, 0.3) is 5.91 Å². The molecule has 1 amide bonds. The standard InChI is InChI=1S/C13H9N3OS.BrH/c17-12(10-6-2-1-3-7-10)15-13-14-11-8-4-5-9-16(11)18-13;/h1-9H;1H/p-1. The lowest BCUT2D eigenvalue weighted by Gasteiger charge is -1.90. The van der Waals surface area contributed by atoms with E-state index in [-0.39, 0.29) is 22.9 Å². The SMILES string of the molecule is O=C(N=c1nc2ccccn2s1)c1ccccc1.[Br-]. The Morgan fingerprint density at radius 2 is 1.84 bits per heavy atom. The van der Waals surface area contributed by atoms with Gasteiger partial charge in [-0.15, -0.1) is 0 Å². The van der Waals surface area contributed by atoms with Gasteiger partial charge in [-0.1, -0.05) is 24.3 Å². The maximum absolute atomic E-state index is 11.9. The van der Waals surface area contributed by atoms with Crippen LogP contribution in [0.15, 0.2) is 59.7 Å². The molecule has 0 saturated carbocycles. The van der Waals surface area contributed by atoms with Gasteiger partial charge in [0.2, 0.25) is 4.80 Å². The van der Waals surface area contributed by atoms with Crippen LogP contribution in [0.5, 0.6) is 0 Å². The van der Waals surface area contributed by atoms with Crippen LogP contribution in [0.2, 0.25) is 0 Å². The third-order valence-corrected chi connectivity index (χ3v) is 3.26. The highest BCUT2D eigenvalue weighted by Crippen LogP contribution is 2.02. The third-order valence-electron chi connectivity index (χ3n) is 2.41. The van der Waals surface area contributed by atoms with Gasteiger partial charge in [0.05, 0.1) is 0 Å². The molecule has 2 aromatic heterocycles. The Kier molecular flexibility index (Phi) is 4.24. The van der Waals surface area contributed by atoms with Crippen LogP contribution in [0.25, 0.3) is 5.65 Å². The molecule has 1 aromatic carbocycles. The summed E-state index contributed by atoms with van der Waals surface area (Å²) in [6.07, 6.45) is 1.89. The van der Waals surface area contributed by atoms with Gasteiger partial charge in [-0.05, 0) is 35.8 Å². The highest BCUT2D eigenvalue weighted by atomic mass is 79.9. The van der Waals surface area contributed by atoms with Crippen LogP contribution < -0.4 is 21.8 Å². The summed E-state index contributed by atoms with van der Waals surface area (Å²) in [7, 11) is 0. The molecule has 19 heavy (non-hydrogen) atoms. The molecule has 0 aliphatic carbocycles. The van der Waals surface area contributed by atoms with E-state index in [1.807, 2.05) is 46.4 Å². The number of carbonyl (C=O) groups is 1. The molecule has 0 aliphatic heterocycles. The number of carbonyl (C=O) groups excluding carboxylic acids is 1. The van der Waals surface area contributed by atoms with Gasteiger partial charge in [-0.2, -0.15) is 9.98 Å². The number of hydrogen-bond acceptors (Lipinski definition) is 3. The molecule has 0 saturated heterocycles. The monoisotopic (exact) mass is 334 g/mol. The smallest absolute Gasteiger partial charge is 0.279 e. The lowest BCUT2D eigenvalue weighted by Crippen LogP contribution is -3.00. The average molecular weight is 335 g/mol. The number of pyridine rings is 1. The van der Waals surface area contributed by atoms with Crippen molar-refractivity contribution in [1.29, 1.82) is 0 Å². The summed E-state index contributed by atoms with van der Waals surface area (Å²) >= 11 is 1.34. The molecule has 2 heterocycles. The zero-order chi connectivity index (χ0) is 12.4. The first-order valence-electron chi connectivity index (χ1n) is 5.42. The topological polar surface area (TPSA) is 46.7 Å². The summed E-state index contributed by atoms with van der Waals surface area (Å²) in [5.41, 5.74) is 1.36. The number of rotatable bonds is 1. The number of benzene rings is 1. The average Bonchev–Trinajstić information content (AvgIpc) is 2.82. The maximum atomic E-state index is 11.9. The van der Waals surface area contributed by atoms with Gasteiger partial charge in [0.1, 0.15) is 5.65 Å². The second-order valence-electron chi connectivity index (χ2n) is 3.65. The van der Waals surface area contributed by atoms with Gasteiger partial charge in [0.15, 0.2) is 0 Å². The quantitative estimate of drug-likeness (QED) is 0.581. The van der Waals surface area contributed by atoms with Gasteiger partial charge in [0, 0.05) is 11.8 Å². The van der Waals surface area contributed by atoms with E-state index in [9.17, 15) is 4.79 Å². The van der Waals surface area contributed by atoms with Crippen LogP contribution in [0.1, 0.15) is 10.4 Å². The molecular formula is C13H9BrN3OS-. The normalized spacial score (nSPS) is 11.3. The predicted octanol–water partition coefficient (Wildman–Crippen LogP) is -0.859. The second-order valence-corrected chi connectivity index (χ2v) is 4.59. The molecule has 6 heteroatoms. The van der Waals surface area contributed by atoms with E-state index in [4.69, 9.17) is 0 Å². The molecule has 0 aliphatic rings. The highest BCUT2D eigenvalue weighted by Gasteiger charge is 2.03. The number of halogens is 1. The number of hydrogen-bond donors (Lipinski definition) is 0. The van der Waals surface area contributed by atoms with Gasteiger partial charge >= 0.3 is 0 Å². The molecule has 0 N–H and O–H groups in total. The summed E-state index contributed by atoms with van der Waals surface area (Å²) in [5, 5.41) is 0. The number of amides is 1. The van der Waals surface area contributed by atoms with Crippen molar-refractivity contribution in [2.24, 2.45) is 4.99 Å². The molecule has 3 rings (SSSR count). The van der Waals surface area contributed by atoms with Gasteiger partial charge < -0.3 is 17.0 Å². The second kappa shape index (κ2) is 5.90. The van der Waals surface area contributed by atoms with Crippen molar-refractivity contribution in [3.8, 4) is 0 Å². The van der Waals surface area contributed by atoms with Crippen molar-refractivity contribution in [2.75, 3.05) is 0 Å². The van der Waals surface area contributed by atoms with Gasteiger partial charge in [-0.25, -0.2) is 0 Å². The first-order valence-corrected chi connectivity index (χ1v) is 6.19. The van der Waals surface area contributed by atoms with Crippen LogP contribution in [0, 0.1) is 0 Å². The molecular weight excluding hydrogens is 326 g/mol. The van der Waals surface area contributed by atoms with Crippen molar-refractivity contribution < 1.29 is 21.8 Å². The van der Waals surface area contributed by atoms with Crippen LogP contribution in [0.3, 0.4) is 0 Å². The fourth-order valence-electron chi connectivity index (χ4n) is 1.57. The van der Waals surface area contributed by atoms with E-state index in [1.165, 1.54) is 11.5 Å². The molecule has 4 nitrogen and oxygen atoms in total. The number of nitrogens with zero attached hydrogens (tertiary/aromatic N) is 3. The van der Waals surface area contributed by atoms with Crippen LogP contribution in [-0.2, 0) is 0 Å². The molecule has 0 spiro atoms. The molecule has 0 bridgehead atoms. The summed E-state index contributed by atoms with van der Waals surface area (Å²) in [6.45, 7) is 0. The molecule has 0 fully saturated rings. The summed E-state index contributed by atoms with van der Waals surface area (Å²) in [5.74, 6) is -0.268. The molecule has 0 atom stereocenters. The van der Waals surface area contributed by atoms with Crippen molar-refractivity contribution in [3.05, 3.63) is 65.1 Å². The third kappa shape index (κ3) is 2.97. The van der Waals surface area contributed by atoms with Crippen molar-refractivity contribution in [2.45, 2.75) is 0 Å². The summed E-state index contributed by atoms with van der Waals surface area (Å²) in [4.78, 5) is 20.6. The van der Waals surface area contributed by atoms with E-state index < -0.39 is 0 Å². The van der Waals surface area contributed by atoms with Crippen LogP contribution >= 0.6 is 11.5 Å². The number of fused-ring (bicyclic) bond motifs is 1. The Balaban J connectivity index is 0.00000133. The fourth-order valence-corrected chi connectivity index (χ4v) is 2.33. The van der Waals surface area contributed by atoms with E-state index >= 15 is 0 Å². The Morgan fingerprint density at radius 1 is 1.11 bits per heavy atom. The Labute approximate surface area is 124 Å². The Hall–Kier alpha value is -1.79. The van der Waals surface area contributed by atoms with E-state index in [0.717, 1.165) is 5.65 Å². The van der Waals surface area contributed by atoms with E-state index in [0.29, 0.717) is 10.4 Å². The van der Waals surface area contributed by atoms with Crippen LogP contribution in [-0.4, -0.2) is 14.7 Å². The summed E-state index contributed by atoms with van der Waals surface area (Å²) < 4.78 is 1.87. The first kappa shape index (κ1) is 13.6. The largest absolute Gasteiger partial charge is 1.00 e. The molecule has 3 aromatic rings. The molecule has 96 valence electrons. The van der Waals surface area contributed by atoms with Crippen molar-refractivity contribution in [3.63, 3.8) is 0 Å². The van der Waals surface area contributed by atoms with Crippen molar-refractivity contribution >= 4 is 23.1 Å². The van der Waals surface area contributed by atoms with Crippen molar-refractivity contribution in [1.82, 2.24) is 8.77 Å². The van der Waals surface area contributed by atoms with E-state index in [1.54, 1.807) is 12.1 Å². The molecule has 0 unspecified atom stereocenters. The lowest BCUT2D eigenvalue weighted by molar-refractivity contribution is -0.0000117. The highest BCUT2D eigenvalue weighted by molar-refractivity contribution is 7.03.